The first-order valence-corrected chi connectivity index (χ1v) is 10.4. The number of nitrogens with zero attached hydrogens (tertiary/aromatic N) is 6. The summed E-state index contributed by atoms with van der Waals surface area (Å²) < 4.78 is 4.05. The van der Waals surface area contributed by atoms with E-state index in [-0.39, 0.29) is 5.91 Å². The van der Waals surface area contributed by atoms with Crippen LogP contribution in [0.5, 0.6) is 0 Å². The fourth-order valence-electron chi connectivity index (χ4n) is 4.67. The van der Waals surface area contributed by atoms with Gasteiger partial charge in [-0.1, -0.05) is 12.8 Å². The number of hydrogen-bond acceptors (Lipinski definition) is 5. The molecule has 4 heterocycles. The monoisotopic (exact) mass is 394 g/mol. The number of fused-ring (bicyclic) bond motifs is 1. The maximum atomic E-state index is 13.0. The van der Waals surface area contributed by atoms with Crippen molar-refractivity contribution >= 4 is 17.1 Å². The normalized spacial score (nSPS) is 19.8. The number of aromatic nitrogens is 5. The van der Waals surface area contributed by atoms with Crippen LogP contribution in [0.15, 0.2) is 37.3 Å². The molecule has 0 bridgehead atoms. The van der Waals surface area contributed by atoms with E-state index in [4.69, 9.17) is 0 Å². The quantitative estimate of drug-likeness (QED) is 0.734. The van der Waals surface area contributed by atoms with Gasteiger partial charge in [0.2, 0.25) is 0 Å². The molecular formula is C21H26N6O2. The van der Waals surface area contributed by atoms with Crippen LogP contribution in [0.3, 0.4) is 0 Å². The van der Waals surface area contributed by atoms with E-state index in [9.17, 15) is 9.90 Å². The molecule has 8 heteroatoms. The zero-order chi connectivity index (χ0) is 19.8. The second kappa shape index (κ2) is 7.26. The smallest absolute Gasteiger partial charge is 0.255 e. The number of imidazole rings is 2. The van der Waals surface area contributed by atoms with E-state index < -0.39 is 5.60 Å². The van der Waals surface area contributed by atoms with Gasteiger partial charge in [-0.05, 0) is 31.7 Å². The van der Waals surface area contributed by atoms with Crippen LogP contribution in [0.2, 0.25) is 0 Å². The van der Waals surface area contributed by atoms with Gasteiger partial charge in [0.05, 0.1) is 30.4 Å². The zero-order valence-corrected chi connectivity index (χ0v) is 16.4. The van der Waals surface area contributed by atoms with Crippen molar-refractivity contribution in [2.45, 2.75) is 56.7 Å². The molecule has 8 nitrogen and oxygen atoms in total. The van der Waals surface area contributed by atoms with Crippen LogP contribution in [0.1, 0.15) is 54.9 Å². The highest BCUT2D eigenvalue weighted by Gasteiger charge is 2.34. The Morgan fingerprint density at radius 2 is 1.97 bits per heavy atom. The number of piperidine rings is 1. The molecule has 1 saturated heterocycles. The Bertz CT molecular complexity index is 998. The Labute approximate surface area is 169 Å². The summed E-state index contributed by atoms with van der Waals surface area (Å²) in [5, 5.41) is 10.8. The number of rotatable bonds is 4. The Hall–Kier alpha value is -2.74. The molecule has 0 unspecified atom stereocenters. The Balaban J connectivity index is 1.28. The molecule has 0 radical (unpaired) electrons. The van der Waals surface area contributed by atoms with Crippen molar-refractivity contribution in [3.8, 4) is 0 Å². The van der Waals surface area contributed by atoms with Crippen LogP contribution in [0.4, 0.5) is 0 Å². The highest BCUT2D eigenvalue weighted by atomic mass is 16.3. The minimum Gasteiger partial charge on any atom is -0.388 e. The molecule has 3 aromatic heterocycles. The zero-order valence-electron chi connectivity index (χ0n) is 16.4. The summed E-state index contributed by atoms with van der Waals surface area (Å²) in [6, 6.07) is 2.33. The topological polar surface area (TPSA) is 89.1 Å². The first-order valence-electron chi connectivity index (χ1n) is 10.4. The molecular weight excluding hydrogens is 368 g/mol. The van der Waals surface area contributed by atoms with Crippen molar-refractivity contribution in [2.75, 3.05) is 13.1 Å². The minimum absolute atomic E-state index is 0.0421. The average Bonchev–Trinajstić information content (AvgIpc) is 3.48. The SMILES string of the molecule is O=C(c1cnc2c(c1)ncn2C1CCCC1)N1CCC(O)(Cn2ccnc2)CC1. The largest absolute Gasteiger partial charge is 0.388 e. The third kappa shape index (κ3) is 3.53. The summed E-state index contributed by atoms with van der Waals surface area (Å²) >= 11 is 0. The summed E-state index contributed by atoms with van der Waals surface area (Å²) in [5.74, 6) is -0.0421. The van der Waals surface area contributed by atoms with Crippen LogP contribution < -0.4 is 0 Å². The third-order valence-electron chi connectivity index (χ3n) is 6.40. The van der Waals surface area contributed by atoms with E-state index in [0.717, 1.165) is 11.2 Å². The molecule has 1 saturated carbocycles. The van der Waals surface area contributed by atoms with Crippen molar-refractivity contribution in [3.05, 3.63) is 42.9 Å². The van der Waals surface area contributed by atoms with Gasteiger partial charge in [0.15, 0.2) is 5.65 Å². The van der Waals surface area contributed by atoms with E-state index in [0.29, 0.717) is 44.1 Å². The van der Waals surface area contributed by atoms with E-state index in [2.05, 4.69) is 19.5 Å². The van der Waals surface area contributed by atoms with Gasteiger partial charge in [0.25, 0.3) is 5.91 Å². The third-order valence-corrected chi connectivity index (χ3v) is 6.40. The standard InChI is InChI=1S/C21H26N6O2/c28-20(26-8-5-21(29,6-9-26)13-25-10-7-22-14-25)16-11-18-19(23-12-16)27(15-24-18)17-3-1-2-4-17/h7,10-12,14-15,17,29H,1-6,8-9,13H2. The van der Waals surface area contributed by atoms with Crippen LogP contribution in [0.25, 0.3) is 11.2 Å². The van der Waals surface area contributed by atoms with Gasteiger partial charge in [-0.15, -0.1) is 0 Å². The maximum Gasteiger partial charge on any atom is 0.255 e. The molecule has 2 aliphatic rings. The summed E-state index contributed by atoms with van der Waals surface area (Å²) in [6.45, 7) is 1.55. The molecule has 3 aromatic rings. The second-order valence-electron chi connectivity index (χ2n) is 8.41. The summed E-state index contributed by atoms with van der Waals surface area (Å²) in [7, 11) is 0. The lowest BCUT2D eigenvalue weighted by atomic mass is 9.91. The lowest BCUT2D eigenvalue weighted by Gasteiger charge is -2.38. The summed E-state index contributed by atoms with van der Waals surface area (Å²) in [5.41, 5.74) is 1.40. The summed E-state index contributed by atoms with van der Waals surface area (Å²) in [4.78, 5) is 27.9. The first kappa shape index (κ1) is 18.3. The molecule has 1 aliphatic carbocycles. The van der Waals surface area contributed by atoms with Crippen molar-refractivity contribution < 1.29 is 9.90 Å². The van der Waals surface area contributed by atoms with Crippen molar-refractivity contribution in [3.63, 3.8) is 0 Å². The van der Waals surface area contributed by atoms with Gasteiger partial charge in [-0.25, -0.2) is 15.0 Å². The van der Waals surface area contributed by atoms with Crippen molar-refractivity contribution in [1.82, 2.24) is 29.0 Å². The van der Waals surface area contributed by atoms with E-state index in [1.807, 2.05) is 23.2 Å². The Morgan fingerprint density at radius 1 is 1.17 bits per heavy atom. The Morgan fingerprint density at radius 3 is 2.69 bits per heavy atom. The van der Waals surface area contributed by atoms with Gasteiger partial charge in [-0.2, -0.15) is 0 Å². The lowest BCUT2D eigenvalue weighted by molar-refractivity contribution is -0.0292. The molecule has 152 valence electrons. The average molecular weight is 394 g/mol. The molecule has 0 spiro atoms. The number of carbonyl (C=O) groups is 1. The summed E-state index contributed by atoms with van der Waals surface area (Å²) in [6.07, 6.45) is 14.7. The molecule has 1 amide bonds. The Kier molecular flexibility index (Phi) is 4.58. The van der Waals surface area contributed by atoms with Gasteiger partial charge in [-0.3, -0.25) is 4.79 Å². The van der Waals surface area contributed by atoms with Crippen LogP contribution in [0, 0.1) is 0 Å². The molecule has 5 rings (SSSR count). The van der Waals surface area contributed by atoms with E-state index in [1.165, 1.54) is 25.7 Å². The highest BCUT2D eigenvalue weighted by Crippen LogP contribution is 2.31. The second-order valence-corrected chi connectivity index (χ2v) is 8.41. The predicted octanol–water partition coefficient (Wildman–Crippen LogP) is 2.41. The van der Waals surface area contributed by atoms with Crippen molar-refractivity contribution in [2.24, 2.45) is 0 Å². The predicted molar refractivity (Wildman–Crippen MR) is 107 cm³/mol. The van der Waals surface area contributed by atoms with Gasteiger partial charge < -0.3 is 19.1 Å². The first-order chi connectivity index (χ1) is 14.1. The molecule has 29 heavy (non-hydrogen) atoms. The maximum absolute atomic E-state index is 13.0. The van der Waals surface area contributed by atoms with E-state index >= 15 is 0 Å². The molecule has 1 N–H and O–H groups in total. The fourth-order valence-corrected chi connectivity index (χ4v) is 4.67. The number of amides is 1. The van der Waals surface area contributed by atoms with E-state index in [1.54, 1.807) is 23.6 Å². The molecule has 1 aliphatic heterocycles. The van der Waals surface area contributed by atoms with Crippen LogP contribution in [-0.2, 0) is 6.54 Å². The van der Waals surface area contributed by atoms with Crippen LogP contribution >= 0.6 is 0 Å². The lowest BCUT2D eigenvalue weighted by Crippen LogP contribution is -2.48. The molecule has 0 aromatic carbocycles. The fraction of sp³-hybridized carbons (Fsp3) is 0.524. The van der Waals surface area contributed by atoms with Crippen molar-refractivity contribution in [1.29, 1.82) is 0 Å². The van der Waals surface area contributed by atoms with Gasteiger partial charge >= 0.3 is 0 Å². The minimum atomic E-state index is -0.806. The number of pyridine rings is 1. The molecule has 2 fully saturated rings. The van der Waals surface area contributed by atoms with Crippen LogP contribution in [-0.4, -0.2) is 58.7 Å². The van der Waals surface area contributed by atoms with Gasteiger partial charge in [0.1, 0.15) is 5.52 Å². The molecule has 0 atom stereocenters. The highest BCUT2D eigenvalue weighted by molar-refractivity contribution is 5.96. The van der Waals surface area contributed by atoms with Gasteiger partial charge in [0, 0.05) is 37.7 Å². The number of carbonyl (C=O) groups excluding carboxylic acids is 1. The number of hydrogen-bond donors (Lipinski definition) is 1. The number of aliphatic hydroxyl groups is 1. The number of likely N-dealkylation sites (tertiary alicyclic amines) is 1.